The van der Waals surface area contributed by atoms with Crippen molar-refractivity contribution < 1.29 is 27.1 Å². The number of nitriles is 1. The van der Waals surface area contributed by atoms with Gasteiger partial charge in [-0.15, -0.1) is 0 Å². The number of halogens is 4. The van der Waals surface area contributed by atoms with Crippen LogP contribution in [0.2, 0.25) is 0 Å². The fourth-order valence-electron chi connectivity index (χ4n) is 4.27. The molecule has 36 heavy (non-hydrogen) atoms. The third-order valence-corrected chi connectivity index (χ3v) is 5.99. The van der Waals surface area contributed by atoms with Crippen molar-refractivity contribution in [3.05, 3.63) is 89.1 Å². The van der Waals surface area contributed by atoms with Gasteiger partial charge in [0.25, 0.3) is 0 Å². The summed E-state index contributed by atoms with van der Waals surface area (Å²) in [6, 6.07) is 13.9. The largest absolute Gasteiger partial charge is 0.468 e. The molecule has 0 unspecified atom stereocenters. The number of rotatable bonds is 6. The number of ether oxygens (including phenoxy) is 1. The lowest BCUT2D eigenvalue weighted by molar-refractivity contribution is -0.147. The van der Waals surface area contributed by atoms with Crippen molar-refractivity contribution in [2.75, 3.05) is 7.11 Å². The first-order chi connectivity index (χ1) is 17.1. The highest BCUT2D eigenvalue weighted by molar-refractivity contribution is 5.84. The first-order valence-electron chi connectivity index (χ1n) is 10.8. The van der Waals surface area contributed by atoms with E-state index < -0.39 is 28.9 Å². The number of hydrogen-bond donors (Lipinski definition) is 0. The number of alkyl halides is 3. The predicted octanol–water partition coefficient (Wildman–Crippen LogP) is 5.29. The van der Waals surface area contributed by atoms with Gasteiger partial charge in [-0.1, -0.05) is 24.3 Å². The number of nitrogens with zero attached hydrogens (tertiary/aromatic N) is 4. The van der Waals surface area contributed by atoms with E-state index in [1.807, 2.05) is 6.07 Å². The van der Waals surface area contributed by atoms with E-state index >= 15 is 0 Å². The summed E-state index contributed by atoms with van der Waals surface area (Å²) in [5.74, 6) is -1.06. The molecule has 2 aromatic heterocycles. The van der Waals surface area contributed by atoms with E-state index in [1.54, 1.807) is 19.1 Å². The fourth-order valence-corrected chi connectivity index (χ4v) is 4.27. The minimum Gasteiger partial charge on any atom is -0.468 e. The summed E-state index contributed by atoms with van der Waals surface area (Å²) in [5.41, 5.74) is 0.0644. The van der Waals surface area contributed by atoms with Crippen LogP contribution in [0.25, 0.3) is 16.8 Å². The summed E-state index contributed by atoms with van der Waals surface area (Å²) in [6.45, 7) is 1.63. The van der Waals surface area contributed by atoms with Gasteiger partial charge < -0.3 is 4.74 Å². The van der Waals surface area contributed by atoms with E-state index in [9.17, 15) is 27.6 Å². The van der Waals surface area contributed by atoms with E-state index in [-0.39, 0.29) is 24.2 Å². The highest BCUT2D eigenvalue weighted by Gasteiger charge is 2.40. The maximum absolute atomic E-state index is 13.9. The predicted molar refractivity (Wildman–Crippen MR) is 122 cm³/mol. The quantitative estimate of drug-likeness (QED) is 0.268. The maximum atomic E-state index is 13.9. The van der Waals surface area contributed by atoms with Crippen LogP contribution in [0.1, 0.15) is 29.4 Å². The number of esters is 1. The molecular weight excluding hydrogens is 476 g/mol. The highest BCUT2D eigenvalue weighted by atomic mass is 19.4. The zero-order chi connectivity index (χ0) is 26.1. The van der Waals surface area contributed by atoms with Gasteiger partial charge in [0.05, 0.1) is 42.1 Å². The molecule has 0 bridgehead atoms. The van der Waals surface area contributed by atoms with Gasteiger partial charge in [-0.3, -0.25) is 4.79 Å². The SMILES string of the molecule is COC(=O)[C@](C)(Cc1cccc(F)c1)c1ccnc2c(-c3ccc(C(F)(F)F)cc3)c(CC#N)nn12. The normalized spacial score (nSPS) is 13.2. The standard InChI is InChI=1S/C26H20F4N4O2/c1-25(24(35)36-2,15-16-4-3-5-19(27)14-16)21-11-13-32-23-22(20(10-12-31)33-34(21)23)17-6-8-18(9-7-17)26(28,29)30/h3-9,11,13-14H,10,15H2,1-2H3/t25-/m1/s1. The number of benzene rings is 2. The lowest BCUT2D eigenvalue weighted by Gasteiger charge is -2.27. The molecule has 0 radical (unpaired) electrons. The van der Waals surface area contributed by atoms with Crippen LogP contribution >= 0.6 is 0 Å². The van der Waals surface area contributed by atoms with Crippen LogP contribution in [-0.2, 0) is 34.0 Å². The number of aromatic nitrogens is 3. The van der Waals surface area contributed by atoms with Gasteiger partial charge in [-0.2, -0.15) is 23.5 Å². The second kappa shape index (κ2) is 9.41. The van der Waals surface area contributed by atoms with Crippen molar-refractivity contribution in [2.24, 2.45) is 0 Å². The smallest absolute Gasteiger partial charge is 0.416 e. The first kappa shape index (κ1) is 24.9. The van der Waals surface area contributed by atoms with Gasteiger partial charge in [0.2, 0.25) is 0 Å². The third kappa shape index (κ3) is 4.52. The van der Waals surface area contributed by atoms with Crippen LogP contribution in [0.5, 0.6) is 0 Å². The molecule has 0 N–H and O–H groups in total. The van der Waals surface area contributed by atoms with Crippen molar-refractivity contribution in [3.63, 3.8) is 0 Å². The van der Waals surface area contributed by atoms with Crippen LogP contribution in [-0.4, -0.2) is 27.7 Å². The van der Waals surface area contributed by atoms with Crippen LogP contribution in [0, 0.1) is 17.1 Å². The molecule has 0 aliphatic rings. The Labute approximate surface area is 203 Å². The molecule has 2 heterocycles. The van der Waals surface area contributed by atoms with Crippen molar-refractivity contribution in [3.8, 4) is 17.2 Å². The Morgan fingerprint density at radius 2 is 1.86 bits per heavy atom. The summed E-state index contributed by atoms with van der Waals surface area (Å²) < 4.78 is 59.6. The molecule has 4 aromatic rings. The second-order valence-corrected chi connectivity index (χ2v) is 8.43. The van der Waals surface area contributed by atoms with Crippen LogP contribution < -0.4 is 0 Å². The summed E-state index contributed by atoms with van der Waals surface area (Å²) in [5, 5.41) is 13.9. The molecule has 0 saturated carbocycles. The lowest BCUT2D eigenvalue weighted by Crippen LogP contribution is -2.38. The second-order valence-electron chi connectivity index (χ2n) is 8.43. The fraction of sp³-hybridized carbons (Fsp3) is 0.231. The van der Waals surface area contributed by atoms with Crippen molar-refractivity contribution in [2.45, 2.75) is 31.4 Å². The van der Waals surface area contributed by atoms with E-state index in [0.717, 1.165) is 12.1 Å². The zero-order valence-electron chi connectivity index (χ0n) is 19.3. The van der Waals surface area contributed by atoms with E-state index in [0.29, 0.717) is 22.4 Å². The number of fused-ring (bicyclic) bond motifs is 1. The number of hydrogen-bond acceptors (Lipinski definition) is 5. The molecule has 10 heteroatoms. The van der Waals surface area contributed by atoms with E-state index in [2.05, 4.69) is 10.1 Å². The minimum atomic E-state index is -4.50. The van der Waals surface area contributed by atoms with Crippen LogP contribution in [0.3, 0.4) is 0 Å². The topological polar surface area (TPSA) is 80.3 Å². The van der Waals surface area contributed by atoms with Gasteiger partial charge in [0.15, 0.2) is 5.65 Å². The molecule has 0 saturated heterocycles. The average molecular weight is 496 g/mol. The third-order valence-electron chi connectivity index (χ3n) is 5.99. The number of methoxy groups -OCH3 is 1. The molecule has 184 valence electrons. The molecule has 0 aliphatic heterocycles. The van der Waals surface area contributed by atoms with E-state index in [1.165, 1.54) is 48.2 Å². The van der Waals surface area contributed by atoms with Gasteiger partial charge in [-0.05, 0) is 54.8 Å². The monoisotopic (exact) mass is 496 g/mol. The van der Waals surface area contributed by atoms with Crippen LogP contribution in [0.15, 0.2) is 60.8 Å². The van der Waals surface area contributed by atoms with Crippen molar-refractivity contribution >= 4 is 11.6 Å². The molecular formula is C26H20F4N4O2. The molecule has 0 amide bonds. The first-order valence-corrected chi connectivity index (χ1v) is 10.8. The molecule has 2 aromatic carbocycles. The molecule has 1 atom stereocenters. The summed E-state index contributed by atoms with van der Waals surface area (Å²) in [7, 11) is 1.24. The number of carbonyl (C=O) groups is 1. The van der Waals surface area contributed by atoms with Crippen molar-refractivity contribution in [1.82, 2.24) is 14.6 Å². The van der Waals surface area contributed by atoms with E-state index in [4.69, 9.17) is 4.74 Å². The molecule has 0 fully saturated rings. The molecule has 0 aliphatic carbocycles. The molecule has 6 nitrogen and oxygen atoms in total. The van der Waals surface area contributed by atoms with Crippen molar-refractivity contribution in [1.29, 1.82) is 5.26 Å². The Morgan fingerprint density at radius 3 is 2.47 bits per heavy atom. The Hall–Kier alpha value is -4.26. The minimum absolute atomic E-state index is 0.0691. The average Bonchev–Trinajstić information content (AvgIpc) is 3.21. The Bertz CT molecular complexity index is 1470. The maximum Gasteiger partial charge on any atom is 0.416 e. The van der Waals surface area contributed by atoms with Crippen LogP contribution in [0.4, 0.5) is 17.6 Å². The Morgan fingerprint density at radius 1 is 1.14 bits per heavy atom. The lowest BCUT2D eigenvalue weighted by atomic mass is 9.80. The molecule has 4 rings (SSSR count). The summed E-state index contributed by atoms with van der Waals surface area (Å²) in [4.78, 5) is 17.4. The van der Waals surface area contributed by atoms with Gasteiger partial charge in [0, 0.05) is 6.20 Å². The summed E-state index contributed by atoms with van der Waals surface area (Å²) >= 11 is 0. The van der Waals surface area contributed by atoms with Gasteiger partial charge in [0.1, 0.15) is 11.2 Å². The Kier molecular flexibility index (Phi) is 6.50. The molecule has 0 spiro atoms. The van der Waals surface area contributed by atoms with Gasteiger partial charge in [-0.25, -0.2) is 13.9 Å². The number of carbonyl (C=O) groups excluding carboxylic acids is 1. The highest BCUT2D eigenvalue weighted by Crippen LogP contribution is 2.36. The van der Waals surface area contributed by atoms with Gasteiger partial charge >= 0.3 is 12.1 Å². The summed E-state index contributed by atoms with van der Waals surface area (Å²) in [6.07, 6.45) is -3.12. The Balaban J connectivity index is 1.92. The zero-order valence-corrected chi connectivity index (χ0v) is 19.3.